The molecule has 1 aliphatic rings. The van der Waals surface area contributed by atoms with E-state index >= 15 is 0 Å². The van der Waals surface area contributed by atoms with Crippen LogP contribution in [0.5, 0.6) is 0 Å². The zero-order valence-corrected chi connectivity index (χ0v) is 12.5. The van der Waals surface area contributed by atoms with E-state index in [-0.39, 0.29) is 11.1 Å². The molecule has 0 atom stereocenters. The average molecular weight is 290 g/mol. The first-order valence-electron chi connectivity index (χ1n) is 6.65. The fraction of sp³-hybridized carbons (Fsp3) is 0.333. The highest BCUT2D eigenvalue weighted by Gasteiger charge is 2.35. The lowest BCUT2D eigenvalue weighted by molar-refractivity contribution is -0.122. The Bertz CT molecular complexity index is 564. The topological polar surface area (TPSA) is 63.4 Å². The number of hydrogen-bond acceptors (Lipinski definition) is 4. The lowest BCUT2D eigenvalue weighted by Gasteiger charge is -2.11. The van der Waals surface area contributed by atoms with Crippen LogP contribution in [-0.2, 0) is 4.79 Å². The molecule has 2 amide bonds. The number of anilines is 1. The lowest BCUT2D eigenvalue weighted by Crippen LogP contribution is -2.29. The summed E-state index contributed by atoms with van der Waals surface area (Å²) in [7, 11) is 0. The molecular formula is C15H18N2O2S. The number of carbonyl (C=O) groups is 2. The van der Waals surface area contributed by atoms with Crippen molar-refractivity contribution in [3.63, 3.8) is 0 Å². The summed E-state index contributed by atoms with van der Waals surface area (Å²) >= 11 is 1.03. The van der Waals surface area contributed by atoms with Crippen molar-refractivity contribution in [2.45, 2.75) is 26.7 Å². The Hall–Kier alpha value is -1.75. The Balaban J connectivity index is 2.28. The van der Waals surface area contributed by atoms with Crippen molar-refractivity contribution >= 4 is 34.2 Å². The summed E-state index contributed by atoms with van der Waals surface area (Å²) in [5.74, 6) is -0.178. The van der Waals surface area contributed by atoms with E-state index in [2.05, 4.69) is 0 Å². The Morgan fingerprint density at radius 1 is 1.25 bits per heavy atom. The van der Waals surface area contributed by atoms with Crippen LogP contribution in [0.2, 0.25) is 0 Å². The quantitative estimate of drug-likeness (QED) is 0.681. The molecule has 0 spiro atoms. The van der Waals surface area contributed by atoms with Gasteiger partial charge in [-0.15, -0.1) is 0 Å². The van der Waals surface area contributed by atoms with E-state index in [0.717, 1.165) is 35.7 Å². The lowest BCUT2D eigenvalue weighted by atomic mass is 10.1. The number of unbranched alkanes of at least 4 members (excludes halogenated alkanes) is 1. The summed E-state index contributed by atoms with van der Waals surface area (Å²) in [6.45, 7) is 4.40. The van der Waals surface area contributed by atoms with E-state index in [0.29, 0.717) is 17.1 Å². The minimum absolute atomic E-state index is 0.173. The van der Waals surface area contributed by atoms with Crippen LogP contribution in [0.1, 0.15) is 32.3 Å². The maximum atomic E-state index is 12.3. The van der Waals surface area contributed by atoms with Gasteiger partial charge in [0.05, 0.1) is 4.91 Å². The second kappa shape index (κ2) is 6.13. The summed E-state index contributed by atoms with van der Waals surface area (Å²) in [5.41, 5.74) is 8.08. The van der Waals surface area contributed by atoms with Crippen LogP contribution in [0.4, 0.5) is 10.5 Å². The van der Waals surface area contributed by atoms with E-state index in [9.17, 15) is 9.59 Å². The molecule has 20 heavy (non-hydrogen) atoms. The normalized spacial score (nSPS) is 17.8. The van der Waals surface area contributed by atoms with Gasteiger partial charge in [0.1, 0.15) is 0 Å². The molecule has 0 aromatic heterocycles. The Kier molecular flexibility index (Phi) is 4.49. The second-order valence-electron chi connectivity index (χ2n) is 4.75. The minimum atomic E-state index is -0.178. The summed E-state index contributed by atoms with van der Waals surface area (Å²) in [5, 5.41) is -0.173. The number of hydrogen-bond donors (Lipinski definition) is 1. The van der Waals surface area contributed by atoms with Gasteiger partial charge in [-0.25, -0.2) is 0 Å². The van der Waals surface area contributed by atoms with Crippen molar-refractivity contribution in [1.29, 1.82) is 0 Å². The molecule has 0 unspecified atom stereocenters. The highest BCUT2D eigenvalue weighted by Crippen LogP contribution is 2.36. The molecule has 1 aromatic carbocycles. The Morgan fingerprint density at radius 2 is 1.90 bits per heavy atom. The molecule has 1 aromatic rings. The minimum Gasteiger partial charge on any atom is -0.399 e. The number of nitrogens with zero attached hydrogens (tertiary/aromatic N) is 1. The van der Waals surface area contributed by atoms with Gasteiger partial charge in [0.15, 0.2) is 0 Å². The summed E-state index contributed by atoms with van der Waals surface area (Å²) in [6, 6.07) is 7.32. The van der Waals surface area contributed by atoms with Crippen LogP contribution < -0.4 is 5.73 Å². The van der Waals surface area contributed by atoms with E-state index in [1.54, 1.807) is 12.1 Å². The highest BCUT2D eigenvalue weighted by molar-refractivity contribution is 8.18. The molecular weight excluding hydrogens is 272 g/mol. The number of nitrogens with two attached hydrogens (primary N) is 1. The number of imide groups is 1. The fourth-order valence-electron chi connectivity index (χ4n) is 2.00. The van der Waals surface area contributed by atoms with Crippen molar-refractivity contribution in [1.82, 2.24) is 4.90 Å². The third-order valence-corrected chi connectivity index (χ3v) is 4.35. The third-order valence-electron chi connectivity index (χ3n) is 3.27. The van der Waals surface area contributed by atoms with E-state index in [1.807, 2.05) is 26.0 Å². The molecule has 4 nitrogen and oxygen atoms in total. The number of nitrogen functional groups attached to an aromatic ring is 1. The van der Waals surface area contributed by atoms with Crippen LogP contribution >= 0.6 is 11.8 Å². The van der Waals surface area contributed by atoms with E-state index < -0.39 is 0 Å². The monoisotopic (exact) mass is 290 g/mol. The highest BCUT2D eigenvalue weighted by atomic mass is 32.2. The van der Waals surface area contributed by atoms with Crippen molar-refractivity contribution in [3.05, 3.63) is 34.7 Å². The number of carbonyl (C=O) groups excluding carboxylic acids is 2. The molecule has 5 heteroatoms. The molecule has 0 radical (unpaired) electrons. The SMILES string of the molecule is CCCCN1C(=O)S/C(=C(/C)c2ccc(N)cc2)C1=O. The zero-order chi connectivity index (χ0) is 14.7. The van der Waals surface area contributed by atoms with Crippen molar-refractivity contribution in [2.75, 3.05) is 12.3 Å². The fourth-order valence-corrected chi connectivity index (χ4v) is 2.93. The van der Waals surface area contributed by atoms with Gasteiger partial charge in [0, 0.05) is 12.2 Å². The predicted molar refractivity (Wildman–Crippen MR) is 83.1 cm³/mol. The number of amides is 2. The summed E-state index contributed by atoms with van der Waals surface area (Å²) in [6.07, 6.45) is 1.80. The van der Waals surface area contributed by atoms with Gasteiger partial charge in [-0.05, 0) is 48.4 Å². The number of thioether (sulfide) groups is 1. The molecule has 2 N–H and O–H groups in total. The standard InChI is InChI=1S/C15H18N2O2S/c1-3-4-9-17-14(18)13(20-15(17)19)10(2)11-5-7-12(16)8-6-11/h5-8H,3-4,9,16H2,1-2H3/b13-10-. The molecule has 2 rings (SSSR count). The van der Waals surface area contributed by atoms with Crippen LogP contribution in [0.25, 0.3) is 5.57 Å². The molecule has 0 saturated carbocycles. The largest absolute Gasteiger partial charge is 0.399 e. The number of allylic oxidation sites excluding steroid dienone is 1. The van der Waals surface area contributed by atoms with Crippen LogP contribution in [-0.4, -0.2) is 22.6 Å². The van der Waals surface area contributed by atoms with E-state index in [1.165, 1.54) is 4.90 Å². The zero-order valence-electron chi connectivity index (χ0n) is 11.7. The molecule has 106 valence electrons. The summed E-state index contributed by atoms with van der Waals surface area (Å²) < 4.78 is 0. The van der Waals surface area contributed by atoms with Crippen molar-refractivity contribution in [2.24, 2.45) is 0 Å². The van der Waals surface area contributed by atoms with Gasteiger partial charge in [0.2, 0.25) is 0 Å². The second-order valence-corrected chi connectivity index (χ2v) is 5.72. The third kappa shape index (κ3) is 2.88. The van der Waals surface area contributed by atoms with Gasteiger partial charge in [0.25, 0.3) is 11.1 Å². The van der Waals surface area contributed by atoms with Crippen LogP contribution in [0.3, 0.4) is 0 Å². The smallest absolute Gasteiger partial charge is 0.293 e. The molecule has 1 fully saturated rings. The van der Waals surface area contributed by atoms with Gasteiger partial charge in [-0.1, -0.05) is 25.5 Å². The van der Waals surface area contributed by atoms with Gasteiger partial charge >= 0.3 is 0 Å². The first-order valence-corrected chi connectivity index (χ1v) is 7.46. The maximum Gasteiger partial charge on any atom is 0.293 e. The molecule has 1 heterocycles. The Morgan fingerprint density at radius 3 is 2.50 bits per heavy atom. The molecule has 0 aliphatic carbocycles. The average Bonchev–Trinajstić information content (AvgIpc) is 2.72. The first-order chi connectivity index (χ1) is 9.54. The molecule has 1 saturated heterocycles. The van der Waals surface area contributed by atoms with Gasteiger partial charge < -0.3 is 5.73 Å². The van der Waals surface area contributed by atoms with Gasteiger partial charge in [-0.2, -0.15) is 0 Å². The predicted octanol–water partition coefficient (Wildman–Crippen LogP) is 3.50. The summed E-state index contributed by atoms with van der Waals surface area (Å²) in [4.78, 5) is 26.1. The van der Waals surface area contributed by atoms with Crippen molar-refractivity contribution < 1.29 is 9.59 Å². The molecule has 1 aliphatic heterocycles. The first kappa shape index (κ1) is 14.7. The maximum absolute atomic E-state index is 12.3. The Labute approximate surface area is 123 Å². The van der Waals surface area contributed by atoms with E-state index in [4.69, 9.17) is 5.73 Å². The number of benzene rings is 1. The molecule has 0 bridgehead atoms. The van der Waals surface area contributed by atoms with Crippen LogP contribution in [0.15, 0.2) is 29.2 Å². The van der Waals surface area contributed by atoms with Crippen molar-refractivity contribution in [3.8, 4) is 0 Å². The van der Waals surface area contributed by atoms with Gasteiger partial charge in [-0.3, -0.25) is 14.5 Å². The number of rotatable bonds is 4. The van der Waals surface area contributed by atoms with Crippen LogP contribution in [0, 0.1) is 0 Å².